The van der Waals surface area contributed by atoms with Crippen LogP contribution in [0.2, 0.25) is 10.0 Å². The average Bonchev–Trinajstić information content (AvgIpc) is 3.00. The van der Waals surface area contributed by atoms with Crippen LogP contribution in [0, 0.1) is 5.82 Å². The summed E-state index contributed by atoms with van der Waals surface area (Å²) in [5.41, 5.74) is 1.67. The molecule has 0 atom stereocenters. The molecule has 0 aliphatic heterocycles. The standard InChI is InChI=1S/C17H13Cl2FN4S/c18-12-3-1-11(2-4-12)10-24-8-7-16(23-24)22-17(25)21-13-5-6-15(20)14(19)9-13/h1-9H,10H2,(H2,21,22,23,25). The number of thiocarbonyl (C=S) groups is 1. The van der Waals surface area contributed by atoms with Crippen LogP contribution in [0.15, 0.2) is 54.7 Å². The lowest BCUT2D eigenvalue weighted by Crippen LogP contribution is -2.19. The number of nitrogens with zero attached hydrogens (tertiary/aromatic N) is 2. The highest BCUT2D eigenvalue weighted by Crippen LogP contribution is 2.19. The normalized spacial score (nSPS) is 10.5. The molecule has 0 saturated heterocycles. The Kier molecular flexibility index (Phi) is 5.53. The molecule has 0 saturated carbocycles. The molecule has 0 bridgehead atoms. The maximum atomic E-state index is 13.2. The van der Waals surface area contributed by atoms with Gasteiger partial charge in [-0.25, -0.2) is 4.39 Å². The van der Waals surface area contributed by atoms with Crippen molar-refractivity contribution in [2.75, 3.05) is 10.6 Å². The first kappa shape index (κ1) is 17.7. The molecule has 0 fully saturated rings. The van der Waals surface area contributed by atoms with E-state index in [-0.39, 0.29) is 5.02 Å². The number of benzene rings is 2. The molecule has 1 heterocycles. The second-order valence-corrected chi connectivity index (χ2v) is 6.48. The van der Waals surface area contributed by atoms with Gasteiger partial charge in [0, 0.05) is 23.0 Å². The molecule has 1 aromatic heterocycles. The molecule has 4 nitrogen and oxygen atoms in total. The van der Waals surface area contributed by atoms with Crippen LogP contribution in [0.5, 0.6) is 0 Å². The maximum absolute atomic E-state index is 13.2. The SMILES string of the molecule is Fc1ccc(NC(=S)Nc2ccn(Cc3ccc(Cl)cc3)n2)cc1Cl. The minimum atomic E-state index is -0.480. The average molecular weight is 395 g/mol. The number of hydrogen-bond acceptors (Lipinski definition) is 2. The Morgan fingerprint density at radius 3 is 2.56 bits per heavy atom. The van der Waals surface area contributed by atoms with E-state index < -0.39 is 5.82 Å². The topological polar surface area (TPSA) is 41.9 Å². The second kappa shape index (κ2) is 7.82. The van der Waals surface area contributed by atoms with Gasteiger partial charge in [0.25, 0.3) is 0 Å². The van der Waals surface area contributed by atoms with Crippen molar-refractivity contribution in [1.29, 1.82) is 0 Å². The number of hydrogen-bond donors (Lipinski definition) is 2. The molecule has 25 heavy (non-hydrogen) atoms. The first-order chi connectivity index (χ1) is 12.0. The Bertz CT molecular complexity index is 896. The first-order valence-corrected chi connectivity index (χ1v) is 8.47. The van der Waals surface area contributed by atoms with Crippen LogP contribution in [0.25, 0.3) is 0 Å². The molecular formula is C17H13Cl2FN4S. The Morgan fingerprint density at radius 1 is 1.08 bits per heavy atom. The van der Waals surface area contributed by atoms with Crippen LogP contribution in [-0.2, 0) is 6.54 Å². The molecule has 2 N–H and O–H groups in total. The third-order valence-electron chi connectivity index (χ3n) is 3.32. The second-order valence-electron chi connectivity index (χ2n) is 5.23. The molecule has 2 aromatic carbocycles. The Labute approximate surface area is 159 Å². The lowest BCUT2D eigenvalue weighted by molar-refractivity contribution is 0.628. The Balaban J connectivity index is 1.59. The zero-order valence-corrected chi connectivity index (χ0v) is 15.2. The van der Waals surface area contributed by atoms with Crippen LogP contribution in [0.4, 0.5) is 15.9 Å². The monoisotopic (exact) mass is 394 g/mol. The van der Waals surface area contributed by atoms with E-state index in [4.69, 9.17) is 35.4 Å². The summed E-state index contributed by atoms with van der Waals surface area (Å²) in [6.45, 7) is 0.618. The molecule has 3 rings (SSSR count). The summed E-state index contributed by atoms with van der Waals surface area (Å²) in [5.74, 6) is 0.117. The van der Waals surface area contributed by atoms with E-state index in [1.54, 1.807) is 10.7 Å². The van der Waals surface area contributed by atoms with E-state index in [0.29, 0.717) is 28.2 Å². The van der Waals surface area contributed by atoms with Crippen molar-refractivity contribution in [1.82, 2.24) is 9.78 Å². The molecule has 8 heteroatoms. The Hall–Kier alpha value is -2.15. The van der Waals surface area contributed by atoms with Gasteiger partial charge in [0.2, 0.25) is 0 Å². The van der Waals surface area contributed by atoms with Crippen LogP contribution in [0.1, 0.15) is 5.56 Å². The summed E-state index contributed by atoms with van der Waals surface area (Å²) in [7, 11) is 0. The summed E-state index contributed by atoms with van der Waals surface area (Å²) >= 11 is 16.8. The van der Waals surface area contributed by atoms with Gasteiger partial charge in [0.1, 0.15) is 5.82 Å². The van der Waals surface area contributed by atoms with E-state index in [0.717, 1.165) is 5.56 Å². The number of aromatic nitrogens is 2. The fourth-order valence-corrected chi connectivity index (χ4v) is 2.67. The van der Waals surface area contributed by atoms with Gasteiger partial charge in [0.15, 0.2) is 10.9 Å². The van der Waals surface area contributed by atoms with Gasteiger partial charge in [-0.3, -0.25) is 4.68 Å². The lowest BCUT2D eigenvalue weighted by Gasteiger charge is -2.09. The smallest absolute Gasteiger partial charge is 0.176 e. The van der Waals surface area contributed by atoms with Crippen molar-refractivity contribution in [2.24, 2.45) is 0 Å². The van der Waals surface area contributed by atoms with Gasteiger partial charge in [0.05, 0.1) is 11.6 Å². The molecule has 0 aliphatic rings. The largest absolute Gasteiger partial charge is 0.332 e. The fourth-order valence-electron chi connectivity index (χ4n) is 2.15. The van der Waals surface area contributed by atoms with Gasteiger partial charge >= 0.3 is 0 Å². The predicted molar refractivity (Wildman–Crippen MR) is 104 cm³/mol. The van der Waals surface area contributed by atoms with E-state index in [1.807, 2.05) is 36.5 Å². The molecule has 0 radical (unpaired) electrons. The van der Waals surface area contributed by atoms with Crippen molar-refractivity contribution in [3.63, 3.8) is 0 Å². The van der Waals surface area contributed by atoms with E-state index in [2.05, 4.69) is 15.7 Å². The third kappa shape index (κ3) is 4.92. The summed E-state index contributed by atoms with van der Waals surface area (Å²) in [4.78, 5) is 0. The zero-order valence-electron chi connectivity index (χ0n) is 12.8. The summed E-state index contributed by atoms with van der Waals surface area (Å²) < 4.78 is 14.9. The van der Waals surface area contributed by atoms with Crippen molar-refractivity contribution >= 4 is 52.0 Å². The number of nitrogens with one attached hydrogen (secondary N) is 2. The minimum absolute atomic E-state index is 0.0278. The van der Waals surface area contributed by atoms with Crippen molar-refractivity contribution in [3.8, 4) is 0 Å². The minimum Gasteiger partial charge on any atom is -0.332 e. The molecule has 0 spiro atoms. The number of halogens is 3. The van der Waals surface area contributed by atoms with Gasteiger partial charge in [-0.05, 0) is 48.1 Å². The molecule has 3 aromatic rings. The fraction of sp³-hybridized carbons (Fsp3) is 0.0588. The highest BCUT2D eigenvalue weighted by atomic mass is 35.5. The van der Waals surface area contributed by atoms with E-state index >= 15 is 0 Å². The molecule has 0 amide bonds. The molecule has 0 unspecified atom stereocenters. The van der Waals surface area contributed by atoms with Gasteiger partial charge in [-0.2, -0.15) is 5.10 Å². The van der Waals surface area contributed by atoms with Crippen molar-refractivity contribution in [3.05, 3.63) is 76.2 Å². The quantitative estimate of drug-likeness (QED) is 0.597. The van der Waals surface area contributed by atoms with Crippen LogP contribution in [-0.4, -0.2) is 14.9 Å². The highest BCUT2D eigenvalue weighted by molar-refractivity contribution is 7.80. The number of anilines is 2. The summed E-state index contributed by atoms with van der Waals surface area (Å²) in [6, 6.07) is 13.7. The van der Waals surface area contributed by atoms with Gasteiger partial charge in [-0.15, -0.1) is 0 Å². The zero-order chi connectivity index (χ0) is 17.8. The Morgan fingerprint density at radius 2 is 1.84 bits per heavy atom. The third-order valence-corrected chi connectivity index (χ3v) is 4.06. The van der Waals surface area contributed by atoms with Crippen LogP contribution < -0.4 is 10.6 Å². The predicted octanol–water partition coefficient (Wildman–Crippen LogP) is 5.19. The first-order valence-electron chi connectivity index (χ1n) is 7.30. The lowest BCUT2D eigenvalue weighted by atomic mass is 10.2. The molecule has 128 valence electrons. The maximum Gasteiger partial charge on any atom is 0.176 e. The van der Waals surface area contributed by atoms with Crippen molar-refractivity contribution in [2.45, 2.75) is 6.54 Å². The van der Waals surface area contributed by atoms with Crippen molar-refractivity contribution < 1.29 is 4.39 Å². The van der Waals surface area contributed by atoms with Crippen LogP contribution >= 0.6 is 35.4 Å². The van der Waals surface area contributed by atoms with Crippen LogP contribution in [0.3, 0.4) is 0 Å². The molecular weight excluding hydrogens is 382 g/mol. The van der Waals surface area contributed by atoms with Gasteiger partial charge < -0.3 is 10.6 Å². The molecule has 0 aliphatic carbocycles. The summed E-state index contributed by atoms with van der Waals surface area (Å²) in [6.07, 6.45) is 1.84. The van der Waals surface area contributed by atoms with Gasteiger partial charge in [-0.1, -0.05) is 35.3 Å². The van der Waals surface area contributed by atoms with E-state index in [9.17, 15) is 4.39 Å². The highest BCUT2D eigenvalue weighted by Gasteiger charge is 2.05. The summed E-state index contributed by atoms with van der Waals surface area (Å²) in [5, 5.41) is 11.4. The number of rotatable bonds is 4. The van der Waals surface area contributed by atoms with E-state index in [1.165, 1.54) is 12.1 Å².